The summed E-state index contributed by atoms with van der Waals surface area (Å²) < 4.78 is 40.3. The van der Waals surface area contributed by atoms with Gasteiger partial charge in [-0.05, 0) is 62.6 Å². The van der Waals surface area contributed by atoms with Crippen LogP contribution in [0.2, 0.25) is 0 Å². The van der Waals surface area contributed by atoms with Crippen LogP contribution in [0, 0.1) is 24.4 Å². The van der Waals surface area contributed by atoms with E-state index in [4.69, 9.17) is 0 Å². The van der Waals surface area contributed by atoms with E-state index in [9.17, 15) is 18.0 Å². The number of piperidine rings is 1. The van der Waals surface area contributed by atoms with E-state index < -0.39 is 28.9 Å². The van der Waals surface area contributed by atoms with Gasteiger partial charge in [0.05, 0.1) is 5.56 Å². The largest absolute Gasteiger partial charge is 0.341 e. The molecule has 6 nitrogen and oxygen atoms in total. The number of rotatable bonds is 5. The Kier molecular flexibility index (Phi) is 6.25. The molecule has 0 radical (unpaired) electrons. The molecular weight excluding hydrogens is 419 g/mol. The van der Waals surface area contributed by atoms with Crippen molar-refractivity contribution < 1.29 is 18.0 Å². The minimum Gasteiger partial charge on any atom is -0.341 e. The number of halogens is 3. The second kappa shape index (κ2) is 9.25. The number of hydrogen-bond acceptors (Lipinski definition) is 5. The van der Waals surface area contributed by atoms with E-state index >= 15 is 0 Å². The van der Waals surface area contributed by atoms with E-state index in [1.807, 2.05) is 13.0 Å². The lowest BCUT2D eigenvalue weighted by atomic mass is 10.1. The number of benzene rings is 2. The molecule has 1 aromatic heterocycles. The van der Waals surface area contributed by atoms with Crippen LogP contribution in [0.25, 0.3) is 0 Å². The van der Waals surface area contributed by atoms with E-state index in [0.717, 1.165) is 43.4 Å². The molecule has 0 bridgehead atoms. The molecule has 2 heterocycles. The number of carbonyl (C=O) groups is 1. The van der Waals surface area contributed by atoms with Crippen LogP contribution in [0.3, 0.4) is 0 Å². The smallest absolute Gasteiger partial charge is 0.258 e. The predicted molar refractivity (Wildman–Crippen MR) is 117 cm³/mol. The van der Waals surface area contributed by atoms with Crippen LogP contribution in [0.5, 0.6) is 0 Å². The molecule has 1 fully saturated rings. The molecule has 166 valence electrons. The summed E-state index contributed by atoms with van der Waals surface area (Å²) in [5, 5.41) is 5.69. The molecule has 0 unspecified atom stereocenters. The van der Waals surface area contributed by atoms with E-state index in [2.05, 4.69) is 25.5 Å². The average Bonchev–Trinajstić information content (AvgIpc) is 2.79. The zero-order valence-electron chi connectivity index (χ0n) is 17.5. The minimum atomic E-state index is -1.68. The number of anilines is 4. The van der Waals surface area contributed by atoms with E-state index in [0.29, 0.717) is 23.5 Å². The van der Waals surface area contributed by atoms with E-state index in [1.165, 1.54) is 6.42 Å². The van der Waals surface area contributed by atoms with Gasteiger partial charge in [0.25, 0.3) is 5.91 Å². The van der Waals surface area contributed by atoms with Crippen LogP contribution in [-0.2, 0) is 0 Å². The number of aryl methyl sites for hydroxylation is 1. The summed E-state index contributed by atoms with van der Waals surface area (Å²) in [6.45, 7) is 3.79. The van der Waals surface area contributed by atoms with Gasteiger partial charge in [-0.3, -0.25) is 4.79 Å². The first-order chi connectivity index (χ1) is 15.4. The zero-order valence-corrected chi connectivity index (χ0v) is 17.5. The molecule has 0 aliphatic carbocycles. The monoisotopic (exact) mass is 441 g/mol. The minimum absolute atomic E-state index is 0.373. The van der Waals surface area contributed by atoms with Crippen molar-refractivity contribution in [1.82, 2.24) is 9.97 Å². The first-order valence-electron chi connectivity index (χ1n) is 10.3. The summed E-state index contributed by atoms with van der Waals surface area (Å²) in [5.74, 6) is -4.08. The van der Waals surface area contributed by atoms with Crippen LogP contribution in [0.4, 0.5) is 36.3 Å². The zero-order chi connectivity index (χ0) is 22.7. The molecular formula is C23H22F3N5O. The van der Waals surface area contributed by atoms with Gasteiger partial charge in [-0.2, -0.15) is 4.98 Å². The topological polar surface area (TPSA) is 70.2 Å². The highest BCUT2D eigenvalue weighted by Crippen LogP contribution is 2.23. The van der Waals surface area contributed by atoms with E-state index in [1.54, 1.807) is 24.3 Å². The average molecular weight is 441 g/mol. The first-order valence-corrected chi connectivity index (χ1v) is 10.3. The predicted octanol–water partition coefficient (Wildman–Crippen LogP) is 5.19. The van der Waals surface area contributed by atoms with Crippen LogP contribution in [0.15, 0.2) is 42.5 Å². The van der Waals surface area contributed by atoms with Gasteiger partial charge < -0.3 is 15.5 Å². The lowest BCUT2D eigenvalue weighted by Gasteiger charge is -2.27. The fourth-order valence-corrected chi connectivity index (χ4v) is 3.54. The van der Waals surface area contributed by atoms with Crippen molar-refractivity contribution >= 4 is 29.0 Å². The molecule has 2 aromatic carbocycles. The molecule has 0 saturated carbocycles. The molecule has 1 amide bonds. The summed E-state index contributed by atoms with van der Waals surface area (Å²) in [5.41, 5.74) is 1.37. The van der Waals surface area contributed by atoms with Crippen molar-refractivity contribution in [1.29, 1.82) is 0 Å². The Bertz CT molecular complexity index is 1130. The first kappa shape index (κ1) is 21.6. The summed E-state index contributed by atoms with van der Waals surface area (Å²) in [7, 11) is 0. The second-order valence-electron chi connectivity index (χ2n) is 7.62. The summed E-state index contributed by atoms with van der Waals surface area (Å²) >= 11 is 0. The number of aromatic nitrogens is 2. The van der Waals surface area contributed by atoms with Crippen LogP contribution >= 0.6 is 0 Å². The maximum Gasteiger partial charge on any atom is 0.258 e. The van der Waals surface area contributed by atoms with Gasteiger partial charge in [-0.15, -0.1) is 0 Å². The third-order valence-electron chi connectivity index (χ3n) is 5.18. The molecule has 4 rings (SSSR count). The van der Waals surface area contributed by atoms with Crippen LogP contribution in [-0.4, -0.2) is 29.0 Å². The lowest BCUT2D eigenvalue weighted by molar-refractivity contribution is 0.102. The fraction of sp³-hybridized carbons (Fsp3) is 0.261. The van der Waals surface area contributed by atoms with Gasteiger partial charge in [-0.1, -0.05) is 0 Å². The van der Waals surface area contributed by atoms with Crippen molar-refractivity contribution in [2.24, 2.45) is 0 Å². The van der Waals surface area contributed by atoms with Crippen LogP contribution < -0.4 is 15.5 Å². The van der Waals surface area contributed by atoms with Crippen molar-refractivity contribution in [3.8, 4) is 0 Å². The Hall–Kier alpha value is -3.62. The maximum atomic E-state index is 13.8. The molecule has 2 N–H and O–H groups in total. The Morgan fingerprint density at radius 2 is 1.59 bits per heavy atom. The maximum absolute atomic E-state index is 13.8. The highest BCUT2D eigenvalue weighted by atomic mass is 19.2. The Morgan fingerprint density at radius 1 is 0.906 bits per heavy atom. The van der Waals surface area contributed by atoms with Crippen molar-refractivity contribution in [2.75, 3.05) is 28.6 Å². The number of hydrogen-bond donors (Lipinski definition) is 2. The van der Waals surface area contributed by atoms with Gasteiger partial charge in [0.2, 0.25) is 5.95 Å². The molecule has 1 aliphatic rings. The van der Waals surface area contributed by atoms with E-state index in [-0.39, 0.29) is 0 Å². The molecule has 9 heteroatoms. The van der Waals surface area contributed by atoms with Crippen LogP contribution in [0.1, 0.15) is 35.3 Å². The summed E-state index contributed by atoms with van der Waals surface area (Å²) in [6.07, 6.45) is 3.47. The number of carbonyl (C=O) groups excluding carboxylic acids is 1. The molecule has 1 aliphatic heterocycles. The van der Waals surface area contributed by atoms with Gasteiger partial charge >= 0.3 is 0 Å². The van der Waals surface area contributed by atoms with Crippen molar-refractivity contribution in [3.05, 3.63) is 71.2 Å². The standard InChI is InChI=1S/C23H22F3N5O/c1-14-13-19(30-23(27-14)31-11-3-2-4-12-31)28-15-5-7-16(8-6-15)29-22(32)17-9-10-18(24)21(26)20(17)25/h5-10,13H,2-4,11-12H2,1H3,(H,29,32)(H,27,28,30). The molecule has 3 aromatic rings. The van der Waals surface area contributed by atoms with Gasteiger partial charge in [0, 0.05) is 36.2 Å². The number of amides is 1. The Balaban J connectivity index is 1.45. The summed E-state index contributed by atoms with van der Waals surface area (Å²) in [4.78, 5) is 23.6. The lowest BCUT2D eigenvalue weighted by Crippen LogP contribution is -2.31. The van der Waals surface area contributed by atoms with Crippen molar-refractivity contribution in [3.63, 3.8) is 0 Å². The molecule has 1 saturated heterocycles. The number of nitrogens with one attached hydrogen (secondary N) is 2. The third-order valence-corrected chi connectivity index (χ3v) is 5.18. The van der Waals surface area contributed by atoms with Gasteiger partial charge in [-0.25, -0.2) is 18.2 Å². The molecule has 0 spiro atoms. The summed E-state index contributed by atoms with van der Waals surface area (Å²) in [6, 6.07) is 10.1. The van der Waals surface area contributed by atoms with Gasteiger partial charge in [0.15, 0.2) is 17.5 Å². The Morgan fingerprint density at radius 3 is 2.31 bits per heavy atom. The second-order valence-corrected chi connectivity index (χ2v) is 7.62. The third kappa shape index (κ3) is 4.82. The highest BCUT2D eigenvalue weighted by molar-refractivity contribution is 6.04. The SMILES string of the molecule is Cc1cc(Nc2ccc(NC(=O)c3ccc(F)c(F)c3F)cc2)nc(N2CCCCC2)n1. The number of nitrogens with zero attached hydrogens (tertiary/aromatic N) is 3. The fourth-order valence-electron chi connectivity index (χ4n) is 3.54. The normalized spacial score (nSPS) is 13.7. The quantitative estimate of drug-likeness (QED) is 0.534. The molecule has 0 atom stereocenters. The van der Waals surface area contributed by atoms with Gasteiger partial charge in [0.1, 0.15) is 5.82 Å². The Labute approximate surface area is 183 Å². The highest BCUT2D eigenvalue weighted by Gasteiger charge is 2.19. The van der Waals surface area contributed by atoms with Crippen molar-refractivity contribution in [2.45, 2.75) is 26.2 Å². The molecule has 32 heavy (non-hydrogen) atoms.